The molecule has 0 heterocycles. The second kappa shape index (κ2) is 7.16. The number of hydrogen-bond donors (Lipinski definition) is 1. The van der Waals surface area contributed by atoms with Crippen LogP contribution in [-0.4, -0.2) is 18.2 Å². The zero-order valence-electron chi connectivity index (χ0n) is 12.7. The van der Waals surface area contributed by atoms with Crippen molar-refractivity contribution in [2.24, 2.45) is 0 Å². The minimum absolute atomic E-state index is 0.104. The summed E-state index contributed by atoms with van der Waals surface area (Å²) in [6.07, 6.45) is 2.28. The van der Waals surface area contributed by atoms with Gasteiger partial charge in [-0.1, -0.05) is 31.0 Å². The molecule has 108 valence electrons. The van der Waals surface area contributed by atoms with Gasteiger partial charge in [0.05, 0.1) is 5.02 Å². The topological polar surface area (TPSA) is 21.3 Å². The SMILES string of the molecule is CCCC(CNC(C)(C)C)Oc1ccc(C)cc1Cl. The van der Waals surface area contributed by atoms with Crippen LogP contribution in [0.3, 0.4) is 0 Å². The van der Waals surface area contributed by atoms with Crippen molar-refractivity contribution in [3.63, 3.8) is 0 Å². The van der Waals surface area contributed by atoms with Gasteiger partial charge in [0.15, 0.2) is 0 Å². The van der Waals surface area contributed by atoms with Crippen LogP contribution in [0.15, 0.2) is 18.2 Å². The van der Waals surface area contributed by atoms with Gasteiger partial charge in [0.1, 0.15) is 11.9 Å². The molecule has 1 atom stereocenters. The number of ether oxygens (including phenoxy) is 1. The molecule has 0 amide bonds. The number of aryl methyl sites for hydroxylation is 1. The molecule has 3 heteroatoms. The fourth-order valence-electron chi connectivity index (χ4n) is 1.83. The molecule has 0 aromatic heterocycles. The molecule has 0 radical (unpaired) electrons. The predicted octanol–water partition coefficient (Wildman–Crippen LogP) is 4.58. The lowest BCUT2D eigenvalue weighted by Gasteiger charge is -2.26. The van der Waals surface area contributed by atoms with E-state index in [0.717, 1.165) is 30.7 Å². The zero-order chi connectivity index (χ0) is 14.5. The third kappa shape index (κ3) is 6.31. The predicted molar refractivity (Wildman–Crippen MR) is 83.3 cm³/mol. The largest absolute Gasteiger partial charge is 0.488 e. The number of nitrogens with one attached hydrogen (secondary N) is 1. The standard InChI is InChI=1S/C16H26ClNO/c1-6-7-13(11-18-16(3,4)5)19-15-9-8-12(2)10-14(15)17/h8-10,13,18H,6-7,11H2,1-5H3. The van der Waals surface area contributed by atoms with Crippen LogP contribution < -0.4 is 10.1 Å². The fraction of sp³-hybridized carbons (Fsp3) is 0.625. The highest BCUT2D eigenvalue weighted by Crippen LogP contribution is 2.26. The summed E-state index contributed by atoms with van der Waals surface area (Å²) in [5.74, 6) is 0.779. The minimum Gasteiger partial charge on any atom is -0.488 e. The maximum Gasteiger partial charge on any atom is 0.138 e. The molecule has 0 aliphatic carbocycles. The van der Waals surface area contributed by atoms with Crippen LogP contribution in [0.5, 0.6) is 5.75 Å². The molecule has 1 unspecified atom stereocenters. The summed E-state index contributed by atoms with van der Waals surface area (Å²) in [5, 5.41) is 4.18. The molecule has 1 aromatic rings. The van der Waals surface area contributed by atoms with Gasteiger partial charge < -0.3 is 10.1 Å². The van der Waals surface area contributed by atoms with Gasteiger partial charge in [-0.05, 0) is 51.8 Å². The molecule has 0 saturated heterocycles. The van der Waals surface area contributed by atoms with Gasteiger partial charge in [-0.25, -0.2) is 0 Å². The molecule has 0 bridgehead atoms. The van der Waals surface area contributed by atoms with Crippen molar-refractivity contribution >= 4 is 11.6 Å². The lowest BCUT2D eigenvalue weighted by atomic mass is 10.1. The van der Waals surface area contributed by atoms with Gasteiger partial charge in [-0.3, -0.25) is 0 Å². The van der Waals surface area contributed by atoms with Gasteiger partial charge >= 0.3 is 0 Å². The van der Waals surface area contributed by atoms with E-state index in [4.69, 9.17) is 16.3 Å². The third-order valence-corrected chi connectivity index (χ3v) is 3.15. The Kier molecular flexibility index (Phi) is 6.15. The van der Waals surface area contributed by atoms with Crippen molar-refractivity contribution in [1.82, 2.24) is 5.32 Å². The van der Waals surface area contributed by atoms with Crippen LogP contribution in [0.4, 0.5) is 0 Å². The molecule has 1 N–H and O–H groups in total. The van der Waals surface area contributed by atoms with Crippen LogP contribution in [-0.2, 0) is 0 Å². The molecule has 0 aliphatic heterocycles. The van der Waals surface area contributed by atoms with E-state index in [-0.39, 0.29) is 11.6 Å². The second-order valence-corrected chi connectivity index (χ2v) is 6.50. The Morgan fingerprint density at radius 2 is 2.00 bits per heavy atom. The third-order valence-electron chi connectivity index (χ3n) is 2.85. The number of hydrogen-bond acceptors (Lipinski definition) is 2. The summed E-state index contributed by atoms with van der Waals surface area (Å²) < 4.78 is 6.04. The monoisotopic (exact) mass is 283 g/mol. The lowest BCUT2D eigenvalue weighted by Crippen LogP contribution is -2.42. The van der Waals surface area contributed by atoms with Crippen LogP contribution in [0.25, 0.3) is 0 Å². The summed E-state index contributed by atoms with van der Waals surface area (Å²) in [4.78, 5) is 0. The molecule has 1 rings (SSSR count). The minimum atomic E-state index is 0.104. The molecule has 0 saturated carbocycles. The molecule has 0 spiro atoms. The van der Waals surface area contributed by atoms with Gasteiger partial charge in [-0.15, -0.1) is 0 Å². The van der Waals surface area contributed by atoms with E-state index in [0.29, 0.717) is 5.02 Å². The molecular formula is C16H26ClNO. The second-order valence-electron chi connectivity index (χ2n) is 6.09. The van der Waals surface area contributed by atoms with E-state index >= 15 is 0 Å². The highest BCUT2D eigenvalue weighted by atomic mass is 35.5. The summed E-state index contributed by atoms with van der Waals surface area (Å²) in [5.41, 5.74) is 1.25. The number of rotatable bonds is 6. The Morgan fingerprint density at radius 1 is 1.32 bits per heavy atom. The Morgan fingerprint density at radius 3 is 2.53 bits per heavy atom. The first-order valence-electron chi connectivity index (χ1n) is 6.99. The van der Waals surface area contributed by atoms with Crippen molar-refractivity contribution in [2.75, 3.05) is 6.54 Å². The van der Waals surface area contributed by atoms with E-state index < -0.39 is 0 Å². The van der Waals surface area contributed by atoms with Crippen LogP contribution in [0.2, 0.25) is 5.02 Å². The maximum atomic E-state index is 6.22. The zero-order valence-corrected chi connectivity index (χ0v) is 13.5. The van der Waals surface area contributed by atoms with Crippen molar-refractivity contribution in [3.8, 4) is 5.75 Å². The van der Waals surface area contributed by atoms with Crippen molar-refractivity contribution < 1.29 is 4.74 Å². The number of halogens is 1. The quantitative estimate of drug-likeness (QED) is 0.825. The first kappa shape index (κ1) is 16.3. The van der Waals surface area contributed by atoms with Gasteiger partial charge in [0, 0.05) is 12.1 Å². The van der Waals surface area contributed by atoms with Crippen molar-refractivity contribution in [3.05, 3.63) is 28.8 Å². The molecule has 19 heavy (non-hydrogen) atoms. The Balaban J connectivity index is 2.67. The number of benzene rings is 1. The van der Waals surface area contributed by atoms with Crippen LogP contribution in [0.1, 0.15) is 46.1 Å². The van der Waals surface area contributed by atoms with Crippen LogP contribution >= 0.6 is 11.6 Å². The van der Waals surface area contributed by atoms with Gasteiger partial charge in [0.2, 0.25) is 0 Å². The average molecular weight is 284 g/mol. The van der Waals surface area contributed by atoms with E-state index in [2.05, 4.69) is 33.0 Å². The first-order valence-corrected chi connectivity index (χ1v) is 7.37. The molecule has 0 fully saturated rings. The van der Waals surface area contributed by atoms with Gasteiger partial charge in [-0.2, -0.15) is 0 Å². The van der Waals surface area contributed by atoms with E-state index in [1.54, 1.807) is 0 Å². The van der Waals surface area contributed by atoms with Gasteiger partial charge in [0.25, 0.3) is 0 Å². The van der Waals surface area contributed by atoms with E-state index in [1.807, 2.05) is 25.1 Å². The summed E-state index contributed by atoms with van der Waals surface area (Å²) >= 11 is 6.22. The smallest absolute Gasteiger partial charge is 0.138 e. The first-order chi connectivity index (χ1) is 8.81. The van der Waals surface area contributed by atoms with Crippen LogP contribution in [0, 0.1) is 6.92 Å². The van der Waals surface area contributed by atoms with E-state index in [1.165, 1.54) is 0 Å². The Labute approximate surface area is 122 Å². The Bertz CT molecular complexity index is 398. The highest BCUT2D eigenvalue weighted by molar-refractivity contribution is 6.32. The maximum absolute atomic E-state index is 6.22. The van der Waals surface area contributed by atoms with Crippen molar-refractivity contribution in [2.45, 2.75) is 59.1 Å². The average Bonchev–Trinajstić information content (AvgIpc) is 2.28. The Hall–Kier alpha value is -0.730. The molecule has 0 aliphatic rings. The normalized spacial score (nSPS) is 13.4. The fourth-order valence-corrected chi connectivity index (χ4v) is 2.11. The summed E-state index contributed by atoms with van der Waals surface area (Å²) in [6.45, 7) is 11.5. The lowest BCUT2D eigenvalue weighted by molar-refractivity contribution is 0.175. The highest BCUT2D eigenvalue weighted by Gasteiger charge is 2.16. The molecule has 2 nitrogen and oxygen atoms in total. The summed E-state index contributed by atoms with van der Waals surface area (Å²) in [6, 6.07) is 5.93. The van der Waals surface area contributed by atoms with E-state index in [9.17, 15) is 0 Å². The van der Waals surface area contributed by atoms with Crippen molar-refractivity contribution in [1.29, 1.82) is 0 Å². The molecular weight excluding hydrogens is 258 g/mol. The molecule has 1 aromatic carbocycles. The summed E-state index contributed by atoms with van der Waals surface area (Å²) in [7, 11) is 0.